The highest BCUT2D eigenvalue weighted by Gasteiger charge is 2.21. The number of carbonyl (C=O) groups excluding carboxylic acids is 1. The second-order valence-corrected chi connectivity index (χ2v) is 9.68. The molecule has 0 atom stereocenters. The summed E-state index contributed by atoms with van der Waals surface area (Å²) in [6, 6.07) is 19.5. The SMILES string of the molecule is Cc1ccc(S(=O)(=O)CCC(=O)N(Cc2ccccn2)c2ccc(Br)cc2)cc1. The molecule has 29 heavy (non-hydrogen) atoms. The largest absolute Gasteiger partial charge is 0.306 e. The molecule has 0 spiro atoms. The van der Waals surface area contributed by atoms with Gasteiger partial charge in [-0.1, -0.05) is 39.7 Å². The average molecular weight is 473 g/mol. The van der Waals surface area contributed by atoms with Gasteiger partial charge in [0.05, 0.1) is 22.9 Å². The molecule has 0 aliphatic rings. The van der Waals surface area contributed by atoms with Crippen molar-refractivity contribution in [1.82, 2.24) is 4.98 Å². The number of benzene rings is 2. The van der Waals surface area contributed by atoms with Crippen LogP contribution in [0, 0.1) is 6.92 Å². The zero-order valence-electron chi connectivity index (χ0n) is 16.0. The van der Waals surface area contributed by atoms with Gasteiger partial charge in [0.1, 0.15) is 0 Å². The van der Waals surface area contributed by atoms with E-state index in [9.17, 15) is 13.2 Å². The Bertz CT molecular complexity index is 1070. The summed E-state index contributed by atoms with van der Waals surface area (Å²) in [6.07, 6.45) is 1.56. The number of aryl methyl sites for hydroxylation is 1. The van der Waals surface area contributed by atoms with E-state index in [-0.39, 0.29) is 29.5 Å². The van der Waals surface area contributed by atoms with Crippen molar-refractivity contribution in [3.05, 3.63) is 88.7 Å². The molecule has 0 saturated heterocycles. The lowest BCUT2D eigenvalue weighted by atomic mass is 10.2. The number of pyridine rings is 1. The van der Waals surface area contributed by atoms with E-state index in [2.05, 4.69) is 20.9 Å². The quantitative estimate of drug-likeness (QED) is 0.505. The molecule has 3 rings (SSSR count). The predicted molar refractivity (Wildman–Crippen MR) is 117 cm³/mol. The average Bonchev–Trinajstić information content (AvgIpc) is 2.72. The number of hydrogen-bond donors (Lipinski definition) is 0. The van der Waals surface area contributed by atoms with Gasteiger partial charge in [0, 0.05) is 22.8 Å². The highest BCUT2D eigenvalue weighted by Crippen LogP contribution is 2.22. The predicted octanol–water partition coefficient (Wildman–Crippen LogP) is 4.55. The van der Waals surface area contributed by atoms with Gasteiger partial charge in [-0.05, 0) is 55.5 Å². The van der Waals surface area contributed by atoms with Gasteiger partial charge in [-0.2, -0.15) is 0 Å². The van der Waals surface area contributed by atoms with E-state index in [1.54, 1.807) is 35.4 Å². The molecule has 1 heterocycles. The van der Waals surface area contributed by atoms with Gasteiger partial charge in [0.2, 0.25) is 5.91 Å². The summed E-state index contributed by atoms with van der Waals surface area (Å²) in [5, 5.41) is 0. The van der Waals surface area contributed by atoms with Crippen LogP contribution in [-0.2, 0) is 21.2 Å². The van der Waals surface area contributed by atoms with Crippen molar-refractivity contribution in [2.75, 3.05) is 10.7 Å². The first kappa shape index (κ1) is 21.2. The van der Waals surface area contributed by atoms with Crippen LogP contribution in [0.25, 0.3) is 0 Å². The molecule has 0 unspecified atom stereocenters. The highest BCUT2D eigenvalue weighted by atomic mass is 79.9. The van der Waals surface area contributed by atoms with Crippen LogP contribution < -0.4 is 4.90 Å². The van der Waals surface area contributed by atoms with Crippen LogP contribution in [-0.4, -0.2) is 25.1 Å². The number of carbonyl (C=O) groups is 1. The third-order valence-corrected chi connectivity index (χ3v) is 6.71. The lowest BCUT2D eigenvalue weighted by Gasteiger charge is -2.23. The fourth-order valence-corrected chi connectivity index (χ4v) is 4.31. The summed E-state index contributed by atoms with van der Waals surface area (Å²) in [4.78, 5) is 19.1. The van der Waals surface area contributed by atoms with Crippen molar-refractivity contribution in [1.29, 1.82) is 0 Å². The van der Waals surface area contributed by atoms with Crippen LogP contribution in [0.4, 0.5) is 5.69 Å². The van der Waals surface area contributed by atoms with Gasteiger partial charge in [-0.25, -0.2) is 8.42 Å². The summed E-state index contributed by atoms with van der Waals surface area (Å²) in [5.41, 5.74) is 2.40. The van der Waals surface area contributed by atoms with Crippen molar-refractivity contribution in [2.24, 2.45) is 0 Å². The molecule has 1 aromatic heterocycles. The Morgan fingerprint density at radius 1 is 1.00 bits per heavy atom. The Morgan fingerprint density at radius 2 is 1.69 bits per heavy atom. The van der Waals surface area contributed by atoms with E-state index in [4.69, 9.17) is 0 Å². The summed E-state index contributed by atoms with van der Waals surface area (Å²) in [6.45, 7) is 2.17. The summed E-state index contributed by atoms with van der Waals surface area (Å²) < 4.78 is 26.1. The monoisotopic (exact) mass is 472 g/mol. The maximum atomic E-state index is 13.0. The first-order valence-electron chi connectivity index (χ1n) is 9.10. The van der Waals surface area contributed by atoms with Gasteiger partial charge in [0.25, 0.3) is 0 Å². The molecule has 0 N–H and O–H groups in total. The Balaban J connectivity index is 1.78. The van der Waals surface area contributed by atoms with Crippen LogP contribution in [0.15, 0.2) is 82.3 Å². The lowest BCUT2D eigenvalue weighted by Crippen LogP contribution is -2.32. The maximum Gasteiger partial charge on any atom is 0.228 e. The van der Waals surface area contributed by atoms with Crippen molar-refractivity contribution in [3.63, 3.8) is 0 Å². The molecule has 1 amide bonds. The second kappa shape index (κ2) is 9.33. The molecular formula is C22H21BrN2O3S. The molecule has 0 aliphatic carbocycles. The van der Waals surface area contributed by atoms with Crippen LogP contribution in [0.1, 0.15) is 17.7 Å². The summed E-state index contributed by atoms with van der Waals surface area (Å²) in [5.74, 6) is -0.516. The zero-order chi connectivity index (χ0) is 20.9. The molecule has 0 aliphatic heterocycles. The number of amides is 1. The lowest BCUT2D eigenvalue weighted by molar-refractivity contribution is -0.118. The number of sulfone groups is 1. The van der Waals surface area contributed by atoms with E-state index in [0.29, 0.717) is 5.69 Å². The fraction of sp³-hybridized carbons (Fsp3) is 0.182. The van der Waals surface area contributed by atoms with E-state index < -0.39 is 9.84 Å². The highest BCUT2D eigenvalue weighted by molar-refractivity contribution is 9.10. The molecule has 7 heteroatoms. The molecular weight excluding hydrogens is 452 g/mol. The Kier molecular flexibility index (Phi) is 6.82. The van der Waals surface area contributed by atoms with Crippen LogP contribution in [0.3, 0.4) is 0 Å². The summed E-state index contributed by atoms with van der Waals surface area (Å²) >= 11 is 3.39. The minimum absolute atomic E-state index is 0.112. The smallest absolute Gasteiger partial charge is 0.228 e. The molecule has 0 fully saturated rings. The number of aromatic nitrogens is 1. The number of halogens is 1. The van der Waals surface area contributed by atoms with E-state index in [0.717, 1.165) is 15.7 Å². The van der Waals surface area contributed by atoms with Gasteiger partial charge in [-0.15, -0.1) is 0 Å². The van der Waals surface area contributed by atoms with Gasteiger partial charge in [0.15, 0.2) is 9.84 Å². The first-order chi connectivity index (χ1) is 13.8. The molecule has 0 saturated carbocycles. The van der Waals surface area contributed by atoms with Gasteiger partial charge < -0.3 is 4.90 Å². The Hall–Kier alpha value is -2.51. The molecule has 5 nitrogen and oxygen atoms in total. The second-order valence-electron chi connectivity index (χ2n) is 6.66. The standard InChI is InChI=1S/C22H21BrN2O3S/c1-17-5-11-21(12-6-17)29(27,28)15-13-22(26)25(16-19-4-2-3-14-24-19)20-9-7-18(23)8-10-20/h2-12,14H,13,15-16H2,1H3. The minimum atomic E-state index is -3.54. The maximum absolute atomic E-state index is 13.0. The topological polar surface area (TPSA) is 67.3 Å². The molecule has 0 bridgehead atoms. The fourth-order valence-electron chi connectivity index (χ4n) is 2.82. The van der Waals surface area contributed by atoms with Gasteiger partial charge in [-0.3, -0.25) is 9.78 Å². The molecule has 2 aromatic carbocycles. The van der Waals surface area contributed by atoms with Crippen molar-refractivity contribution in [2.45, 2.75) is 24.8 Å². The number of nitrogens with zero attached hydrogens (tertiary/aromatic N) is 2. The van der Waals surface area contributed by atoms with Crippen LogP contribution in [0.5, 0.6) is 0 Å². The van der Waals surface area contributed by atoms with Crippen molar-refractivity contribution in [3.8, 4) is 0 Å². The van der Waals surface area contributed by atoms with E-state index >= 15 is 0 Å². The third-order valence-electron chi connectivity index (χ3n) is 4.45. The molecule has 3 aromatic rings. The first-order valence-corrected chi connectivity index (χ1v) is 11.5. The third kappa shape index (κ3) is 5.74. The van der Waals surface area contributed by atoms with Crippen molar-refractivity contribution >= 4 is 37.4 Å². The van der Waals surface area contributed by atoms with Gasteiger partial charge >= 0.3 is 0 Å². The zero-order valence-corrected chi connectivity index (χ0v) is 18.4. The van der Waals surface area contributed by atoms with Crippen LogP contribution >= 0.6 is 15.9 Å². The Morgan fingerprint density at radius 3 is 2.31 bits per heavy atom. The number of anilines is 1. The molecule has 0 radical (unpaired) electrons. The van der Waals surface area contributed by atoms with E-state index in [1.807, 2.05) is 49.4 Å². The Labute approximate surface area is 179 Å². The van der Waals surface area contributed by atoms with Crippen LogP contribution in [0.2, 0.25) is 0 Å². The summed E-state index contributed by atoms with van der Waals surface area (Å²) in [7, 11) is -3.54. The molecule has 150 valence electrons. The number of rotatable bonds is 7. The van der Waals surface area contributed by atoms with E-state index in [1.165, 1.54) is 0 Å². The minimum Gasteiger partial charge on any atom is -0.306 e. The normalized spacial score (nSPS) is 11.2. The van der Waals surface area contributed by atoms with Crippen molar-refractivity contribution < 1.29 is 13.2 Å². The number of hydrogen-bond acceptors (Lipinski definition) is 4.